The summed E-state index contributed by atoms with van der Waals surface area (Å²) in [6.07, 6.45) is -3.59. The van der Waals surface area contributed by atoms with Crippen LogP contribution in [0.1, 0.15) is 6.92 Å². The van der Waals surface area contributed by atoms with Crippen LogP contribution in [0.25, 0.3) is 0 Å². The van der Waals surface area contributed by atoms with Gasteiger partial charge in [0.2, 0.25) is 0 Å². The van der Waals surface area contributed by atoms with Gasteiger partial charge >= 0.3 is 0 Å². The summed E-state index contributed by atoms with van der Waals surface area (Å²) in [5, 5.41) is 36.1. The predicted octanol–water partition coefficient (Wildman–Crippen LogP) is -2.19. The summed E-state index contributed by atoms with van der Waals surface area (Å²) in [5.41, 5.74) is -1.69. The first-order valence-corrected chi connectivity index (χ1v) is 3.35. The van der Waals surface area contributed by atoms with Crippen LogP contribution in [-0.4, -0.2) is 51.1 Å². The molecule has 0 aliphatic carbocycles. The van der Waals surface area contributed by atoms with Crippen molar-refractivity contribution in [2.45, 2.75) is 31.0 Å². The molecule has 4 atom stereocenters. The second-order valence-corrected chi connectivity index (χ2v) is 2.88. The zero-order valence-electron chi connectivity index (χ0n) is 6.14. The molecule has 0 aromatic rings. The molecule has 0 spiro atoms. The van der Waals surface area contributed by atoms with Crippen LogP contribution in [0.4, 0.5) is 0 Å². The van der Waals surface area contributed by atoms with Crippen LogP contribution in [0.15, 0.2) is 0 Å². The van der Waals surface area contributed by atoms with Crippen molar-refractivity contribution in [1.29, 1.82) is 0 Å². The van der Waals surface area contributed by atoms with Crippen molar-refractivity contribution in [3.05, 3.63) is 0 Å². The van der Waals surface area contributed by atoms with Gasteiger partial charge in [-0.15, -0.1) is 0 Å². The van der Waals surface area contributed by atoms with Crippen molar-refractivity contribution >= 4 is 0 Å². The molecule has 1 saturated heterocycles. The molecule has 66 valence electrons. The fourth-order valence-electron chi connectivity index (χ4n) is 1.04. The molecular formula is C6H12O5. The molecule has 0 unspecified atom stereocenters. The number of aliphatic hydroxyl groups excluding tert-OH is 3. The minimum absolute atomic E-state index is 0.422. The predicted molar refractivity (Wildman–Crippen MR) is 34.6 cm³/mol. The fourth-order valence-corrected chi connectivity index (χ4v) is 1.04. The van der Waals surface area contributed by atoms with Crippen molar-refractivity contribution in [3.63, 3.8) is 0 Å². The van der Waals surface area contributed by atoms with Crippen molar-refractivity contribution < 1.29 is 25.2 Å². The average molecular weight is 164 g/mol. The highest BCUT2D eigenvalue weighted by atomic mass is 16.7. The Morgan fingerprint density at radius 2 is 2.00 bits per heavy atom. The van der Waals surface area contributed by atoms with Gasteiger partial charge in [-0.1, -0.05) is 0 Å². The Kier molecular flexibility index (Phi) is 2.17. The van der Waals surface area contributed by atoms with E-state index in [0.29, 0.717) is 0 Å². The molecule has 4 N–H and O–H groups in total. The van der Waals surface area contributed by atoms with Crippen LogP contribution in [-0.2, 0) is 4.74 Å². The van der Waals surface area contributed by atoms with Gasteiger partial charge in [0.15, 0.2) is 6.29 Å². The van der Waals surface area contributed by atoms with Crippen molar-refractivity contribution in [2.24, 2.45) is 0 Å². The van der Waals surface area contributed by atoms with E-state index < -0.39 is 30.7 Å². The SMILES string of the molecule is C[C@@]1(O)[C@@H](O)O[C@@H](CO)[C@@H]1O. The Morgan fingerprint density at radius 3 is 2.18 bits per heavy atom. The fraction of sp³-hybridized carbons (Fsp3) is 1.00. The van der Waals surface area contributed by atoms with Gasteiger partial charge in [-0.05, 0) is 6.92 Å². The highest BCUT2D eigenvalue weighted by Gasteiger charge is 2.51. The van der Waals surface area contributed by atoms with Crippen LogP contribution in [0.5, 0.6) is 0 Å². The van der Waals surface area contributed by atoms with Gasteiger partial charge in [-0.25, -0.2) is 0 Å². The summed E-state index contributed by atoms with van der Waals surface area (Å²) in [6.45, 7) is 0.826. The molecule has 0 radical (unpaired) electrons. The molecule has 11 heavy (non-hydrogen) atoms. The van der Waals surface area contributed by atoms with Crippen molar-refractivity contribution in [1.82, 2.24) is 0 Å². The Balaban J connectivity index is 2.71. The van der Waals surface area contributed by atoms with Crippen LogP contribution < -0.4 is 0 Å². The van der Waals surface area contributed by atoms with E-state index in [4.69, 9.17) is 10.2 Å². The molecule has 1 aliphatic heterocycles. The Bertz CT molecular complexity index is 146. The van der Waals surface area contributed by atoms with E-state index in [2.05, 4.69) is 4.74 Å². The van der Waals surface area contributed by atoms with Gasteiger partial charge in [0.1, 0.15) is 17.8 Å². The molecule has 1 fully saturated rings. The zero-order chi connectivity index (χ0) is 8.65. The number of hydrogen-bond donors (Lipinski definition) is 4. The third kappa shape index (κ3) is 1.25. The third-order valence-electron chi connectivity index (χ3n) is 1.93. The molecule has 0 bridgehead atoms. The lowest BCUT2D eigenvalue weighted by Crippen LogP contribution is -2.45. The molecule has 1 rings (SSSR count). The van der Waals surface area contributed by atoms with Crippen LogP contribution in [0.2, 0.25) is 0 Å². The monoisotopic (exact) mass is 164 g/mol. The van der Waals surface area contributed by atoms with Gasteiger partial charge in [0, 0.05) is 0 Å². The number of rotatable bonds is 1. The van der Waals surface area contributed by atoms with Crippen LogP contribution in [0, 0.1) is 0 Å². The number of ether oxygens (including phenoxy) is 1. The Hall–Kier alpha value is -0.200. The maximum atomic E-state index is 9.30. The molecular weight excluding hydrogens is 152 g/mol. The normalized spacial score (nSPS) is 51.5. The first-order valence-electron chi connectivity index (χ1n) is 3.35. The lowest BCUT2D eigenvalue weighted by atomic mass is 9.98. The summed E-state index contributed by atoms with van der Waals surface area (Å²) in [4.78, 5) is 0. The van der Waals surface area contributed by atoms with Gasteiger partial charge < -0.3 is 25.2 Å². The molecule has 0 saturated carbocycles. The maximum absolute atomic E-state index is 9.30. The summed E-state index contributed by atoms with van der Waals surface area (Å²) < 4.78 is 4.64. The zero-order valence-corrected chi connectivity index (χ0v) is 6.14. The molecule has 5 heteroatoms. The smallest absolute Gasteiger partial charge is 0.186 e. The quantitative estimate of drug-likeness (QED) is 0.353. The second-order valence-electron chi connectivity index (χ2n) is 2.88. The summed E-state index contributed by atoms with van der Waals surface area (Å²) in [6, 6.07) is 0. The van der Waals surface area contributed by atoms with Gasteiger partial charge in [0.05, 0.1) is 6.61 Å². The Labute approximate surface area is 63.8 Å². The highest BCUT2D eigenvalue weighted by Crippen LogP contribution is 2.28. The summed E-state index contributed by atoms with van der Waals surface area (Å²) in [5.74, 6) is 0. The van der Waals surface area contributed by atoms with Gasteiger partial charge in [-0.2, -0.15) is 0 Å². The van der Waals surface area contributed by atoms with E-state index >= 15 is 0 Å². The number of hydrogen-bond acceptors (Lipinski definition) is 5. The lowest BCUT2D eigenvalue weighted by Gasteiger charge is -2.22. The summed E-state index contributed by atoms with van der Waals surface area (Å²) in [7, 11) is 0. The van der Waals surface area contributed by atoms with E-state index in [0.717, 1.165) is 0 Å². The molecule has 1 aliphatic rings. The average Bonchev–Trinajstić information content (AvgIpc) is 2.14. The summed E-state index contributed by atoms with van der Waals surface area (Å²) >= 11 is 0. The van der Waals surface area contributed by atoms with Crippen LogP contribution >= 0.6 is 0 Å². The second kappa shape index (κ2) is 2.69. The maximum Gasteiger partial charge on any atom is 0.186 e. The standard InChI is InChI=1S/C6H12O5/c1-6(10)4(8)3(2-7)11-5(6)9/h3-5,7-10H,2H2,1H3/t3-,4-,5-,6-/m0/s1. The highest BCUT2D eigenvalue weighted by molar-refractivity contribution is 4.95. The molecule has 0 aromatic carbocycles. The van der Waals surface area contributed by atoms with E-state index in [1.54, 1.807) is 0 Å². The third-order valence-corrected chi connectivity index (χ3v) is 1.93. The van der Waals surface area contributed by atoms with E-state index in [1.807, 2.05) is 0 Å². The van der Waals surface area contributed by atoms with Gasteiger partial charge in [-0.3, -0.25) is 0 Å². The molecule has 5 nitrogen and oxygen atoms in total. The van der Waals surface area contributed by atoms with E-state index in [9.17, 15) is 10.2 Å². The van der Waals surface area contributed by atoms with E-state index in [-0.39, 0.29) is 0 Å². The van der Waals surface area contributed by atoms with Gasteiger partial charge in [0.25, 0.3) is 0 Å². The minimum atomic E-state index is -1.69. The molecule has 1 heterocycles. The molecule has 0 amide bonds. The lowest BCUT2D eigenvalue weighted by molar-refractivity contribution is -0.169. The first-order chi connectivity index (χ1) is 5.00. The topological polar surface area (TPSA) is 90.2 Å². The largest absolute Gasteiger partial charge is 0.394 e. The minimum Gasteiger partial charge on any atom is -0.394 e. The van der Waals surface area contributed by atoms with Crippen molar-refractivity contribution in [2.75, 3.05) is 6.61 Å². The van der Waals surface area contributed by atoms with Crippen LogP contribution in [0.3, 0.4) is 0 Å². The number of aliphatic hydroxyl groups is 4. The molecule has 0 aromatic heterocycles. The van der Waals surface area contributed by atoms with Crippen molar-refractivity contribution in [3.8, 4) is 0 Å². The van der Waals surface area contributed by atoms with E-state index in [1.165, 1.54) is 6.92 Å². The Morgan fingerprint density at radius 1 is 1.45 bits per heavy atom. The first kappa shape index (κ1) is 8.89.